The second-order valence-electron chi connectivity index (χ2n) is 6.16. The summed E-state index contributed by atoms with van der Waals surface area (Å²) in [5, 5.41) is 0.877. The number of aromatic nitrogens is 2. The van der Waals surface area contributed by atoms with E-state index >= 15 is 0 Å². The largest absolute Gasteiger partial charge is 0.493 e. The van der Waals surface area contributed by atoms with E-state index in [-0.39, 0.29) is 11.2 Å². The van der Waals surface area contributed by atoms with Crippen LogP contribution in [0.25, 0.3) is 16.6 Å². The standard InChI is InChI=1S/C22H16BrFN2O2S/c23-15-6-5-7-16(14-15)28-12-13-29-22-25-19-10-3-1-8-17(19)21(27)26(22)20-11-4-2-9-18(20)24/h1-11,14H,12-13H2. The zero-order valence-corrected chi connectivity index (χ0v) is 17.6. The van der Waals surface area contributed by atoms with E-state index in [4.69, 9.17) is 4.74 Å². The predicted molar refractivity (Wildman–Crippen MR) is 118 cm³/mol. The van der Waals surface area contributed by atoms with Crippen LogP contribution in [-0.4, -0.2) is 21.9 Å². The zero-order valence-electron chi connectivity index (χ0n) is 15.2. The Kier molecular flexibility index (Phi) is 5.97. The third-order valence-electron chi connectivity index (χ3n) is 4.22. The lowest BCUT2D eigenvalue weighted by atomic mass is 10.2. The van der Waals surface area contributed by atoms with Crippen LogP contribution in [0.15, 0.2) is 87.2 Å². The van der Waals surface area contributed by atoms with Crippen LogP contribution in [0.3, 0.4) is 0 Å². The van der Waals surface area contributed by atoms with Crippen LogP contribution in [0.4, 0.5) is 4.39 Å². The molecule has 0 amide bonds. The molecule has 1 heterocycles. The highest BCUT2D eigenvalue weighted by atomic mass is 79.9. The van der Waals surface area contributed by atoms with E-state index in [2.05, 4.69) is 20.9 Å². The zero-order chi connectivity index (χ0) is 20.2. The van der Waals surface area contributed by atoms with Crippen LogP contribution < -0.4 is 10.3 Å². The summed E-state index contributed by atoms with van der Waals surface area (Å²) < 4.78 is 22.5. The van der Waals surface area contributed by atoms with Crippen LogP contribution in [0.2, 0.25) is 0 Å². The predicted octanol–water partition coefficient (Wildman–Crippen LogP) is 5.46. The van der Waals surface area contributed by atoms with Gasteiger partial charge in [0.05, 0.1) is 23.2 Å². The topological polar surface area (TPSA) is 44.1 Å². The summed E-state index contributed by atoms with van der Waals surface area (Å²) in [7, 11) is 0. The van der Waals surface area contributed by atoms with E-state index in [9.17, 15) is 9.18 Å². The SMILES string of the molecule is O=c1c2ccccc2nc(SCCOc2cccc(Br)c2)n1-c1ccccc1F. The molecule has 0 aliphatic rings. The maximum absolute atomic E-state index is 14.5. The van der Waals surface area contributed by atoms with E-state index in [0.29, 0.717) is 28.4 Å². The molecule has 0 saturated carbocycles. The summed E-state index contributed by atoms with van der Waals surface area (Å²) in [6.07, 6.45) is 0. The van der Waals surface area contributed by atoms with Gasteiger partial charge < -0.3 is 4.74 Å². The van der Waals surface area contributed by atoms with Gasteiger partial charge in [0.15, 0.2) is 5.16 Å². The molecule has 0 aliphatic carbocycles. The molecule has 0 fully saturated rings. The summed E-state index contributed by atoms with van der Waals surface area (Å²) in [6.45, 7) is 0.418. The number of thioether (sulfide) groups is 1. The lowest BCUT2D eigenvalue weighted by Gasteiger charge is -2.14. The molecule has 3 aromatic carbocycles. The molecule has 0 radical (unpaired) electrons. The van der Waals surface area contributed by atoms with Gasteiger partial charge in [-0.05, 0) is 42.5 Å². The van der Waals surface area contributed by atoms with E-state index in [0.717, 1.165) is 10.2 Å². The fourth-order valence-corrected chi connectivity index (χ4v) is 4.10. The molecule has 4 rings (SSSR count). The minimum absolute atomic E-state index is 0.186. The highest BCUT2D eigenvalue weighted by molar-refractivity contribution is 9.10. The molecule has 0 bridgehead atoms. The first-order valence-electron chi connectivity index (χ1n) is 8.91. The first kappa shape index (κ1) is 19.7. The maximum atomic E-state index is 14.5. The molecule has 0 N–H and O–H groups in total. The van der Waals surface area contributed by atoms with Crippen LogP contribution in [0.5, 0.6) is 5.75 Å². The number of nitrogens with zero attached hydrogens (tertiary/aromatic N) is 2. The fraction of sp³-hybridized carbons (Fsp3) is 0.0909. The van der Waals surface area contributed by atoms with Crippen LogP contribution in [0, 0.1) is 5.82 Å². The summed E-state index contributed by atoms with van der Waals surface area (Å²) in [6, 6.07) is 20.9. The number of fused-ring (bicyclic) bond motifs is 1. The Morgan fingerprint density at radius 3 is 2.66 bits per heavy atom. The van der Waals surface area contributed by atoms with Crippen LogP contribution in [-0.2, 0) is 0 Å². The minimum Gasteiger partial charge on any atom is -0.493 e. The average Bonchev–Trinajstić information content (AvgIpc) is 2.72. The lowest BCUT2D eigenvalue weighted by Crippen LogP contribution is -2.23. The van der Waals surface area contributed by atoms with Gasteiger partial charge in [0.1, 0.15) is 11.6 Å². The normalized spacial score (nSPS) is 11.0. The molecule has 4 nitrogen and oxygen atoms in total. The second-order valence-corrected chi connectivity index (χ2v) is 8.14. The Morgan fingerprint density at radius 2 is 1.83 bits per heavy atom. The average molecular weight is 471 g/mol. The lowest BCUT2D eigenvalue weighted by molar-refractivity contribution is 0.343. The van der Waals surface area contributed by atoms with Gasteiger partial charge >= 0.3 is 0 Å². The van der Waals surface area contributed by atoms with E-state index < -0.39 is 5.82 Å². The van der Waals surface area contributed by atoms with Crippen molar-refractivity contribution < 1.29 is 9.13 Å². The summed E-state index contributed by atoms with van der Waals surface area (Å²) in [5.74, 6) is 0.822. The second kappa shape index (κ2) is 8.80. The van der Waals surface area contributed by atoms with Crippen LogP contribution >= 0.6 is 27.7 Å². The Hall–Kier alpha value is -2.64. The van der Waals surface area contributed by atoms with Crippen molar-refractivity contribution in [2.24, 2.45) is 0 Å². The third-order valence-corrected chi connectivity index (χ3v) is 5.61. The molecule has 7 heteroatoms. The van der Waals surface area contributed by atoms with E-state index in [1.165, 1.54) is 22.4 Å². The molecular formula is C22H16BrFN2O2S. The van der Waals surface area contributed by atoms with Gasteiger partial charge in [0.25, 0.3) is 5.56 Å². The van der Waals surface area contributed by atoms with Gasteiger partial charge in [-0.25, -0.2) is 9.37 Å². The molecule has 4 aromatic rings. The number of para-hydroxylation sites is 2. The quantitative estimate of drug-likeness (QED) is 0.213. The first-order chi connectivity index (χ1) is 14.1. The summed E-state index contributed by atoms with van der Waals surface area (Å²) >= 11 is 4.76. The third kappa shape index (κ3) is 4.36. The Balaban J connectivity index is 1.65. The van der Waals surface area contributed by atoms with E-state index in [1.54, 1.807) is 36.4 Å². The molecule has 29 heavy (non-hydrogen) atoms. The number of hydrogen-bond donors (Lipinski definition) is 0. The van der Waals surface area contributed by atoms with Crippen molar-refractivity contribution in [3.8, 4) is 11.4 Å². The molecular weight excluding hydrogens is 455 g/mol. The maximum Gasteiger partial charge on any atom is 0.266 e. The molecule has 0 aliphatic heterocycles. The number of ether oxygens (including phenoxy) is 1. The molecule has 1 aromatic heterocycles. The molecule has 0 spiro atoms. The molecule has 0 unspecified atom stereocenters. The van der Waals surface area contributed by atoms with Gasteiger partial charge in [-0.1, -0.05) is 58.0 Å². The number of hydrogen-bond acceptors (Lipinski definition) is 4. The summed E-state index contributed by atoms with van der Waals surface area (Å²) in [4.78, 5) is 17.7. The smallest absolute Gasteiger partial charge is 0.266 e. The first-order valence-corrected chi connectivity index (χ1v) is 10.7. The van der Waals surface area contributed by atoms with Gasteiger partial charge in [0.2, 0.25) is 0 Å². The minimum atomic E-state index is -0.473. The van der Waals surface area contributed by atoms with Gasteiger partial charge in [-0.2, -0.15) is 0 Å². The van der Waals surface area contributed by atoms with Crippen molar-refractivity contribution in [3.63, 3.8) is 0 Å². The molecule has 0 saturated heterocycles. The Morgan fingerprint density at radius 1 is 1.03 bits per heavy atom. The number of benzene rings is 3. The van der Waals surface area contributed by atoms with Crippen molar-refractivity contribution in [1.29, 1.82) is 0 Å². The highest BCUT2D eigenvalue weighted by Crippen LogP contribution is 2.23. The van der Waals surface area contributed by atoms with Gasteiger partial charge in [-0.15, -0.1) is 0 Å². The summed E-state index contributed by atoms with van der Waals surface area (Å²) in [5.41, 5.74) is 0.475. The number of rotatable bonds is 6. The van der Waals surface area contributed by atoms with Crippen molar-refractivity contribution >= 4 is 38.6 Å². The monoisotopic (exact) mass is 470 g/mol. The van der Waals surface area contributed by atoms with Crippen molar-refractivity contribution in [2.45, 2.75) is 5.16 Å². The van der Waals surface area contributed by atoms with Gasteiger partial charge in [0, 0.05) is 10.2 Å². The van der Waals surface area contributed by atoms with Crippen molar-refractivity contribution in [1.82, 2.24) is 9.55 Å². The van der Waals surface area contributed by atoms with E-state index in [1.807, 2.05) is 30.3 Å². The highest BCUT2D eigenvalue weighted by Gasteiger charge is 2.15. The Labute approximate surface area is 179 Å². The van der Waals surface area contributed by atoms with Crippen molar-refractivity contribution in [3.05, 3.63) is 93.4 Å². The van der Waals surface area contributed by atoms with Gasteiger partial charge in [-0.3, -0.25) is 9.36 Å². The van der Waals surface area contributed by atoms with Crippen molar-refractivity contribution in [2.75, 3.05) is 12.4 Å². The molecule has 0 atom stereocenters. The van der Waals surface area contributed by atoms with Crippen LogP contribution in [0.1, 0.15) is 0 Å². The fourth-order valence-electron chi connectivity index (χ4n) is 2.90. The number of halogens is 2. The molecule has 146 valence electrons. The Bertz CT molecular complexity index is 1230.